The molecular formula is C15H21NO3. The van der Waals surface area contributed by atoms with Crippen molar-refractivity contribution in [2.24, 2.45) is 0 Å². The molecule has 4 heteroatoms. The van der Waals surface area contributed by atoms with Crippen LogP contribution in [0.2, 0.25) is 0 Å². The predicted molar refractivity (Wildman–Crippen MR) is 74.3 cm³/mol. The first-order valence-electron chi connectivity index (χ1n) is 6.49. The Balaban J connectivity index is 2.51. The van der Waals surface area contributed by atoms with Crippen LogP contribution < -0.4 is 5.32 Å². The van der Waals surface area contributed by atoms with E-state index in [1.165, 1.54) is 0 Å². The van der Waals surface area contributed by atoms with Crippen molar-refractivity contribution in [1.29, 1.82) is 0 Å². The average molecular weight is 263 g/mol. The number of carbonyl (C=O) groups excluding carboxylic acids is 1. The summed E-state index contributed by atoms with van der Waals surface area (Å²) in [5, 5.41) is 11.5. The Hall–Kier alpha value is -1.84. The molecule has 0 heterocycles. The molecule has 0 aliphatic carbocycles. The average Bonchev–Trinajstić information content (AvgIpc) is 2.26. The van der Waals surface area contributed by atoms with Gasteiger partial charge in [0.25, 0.3) is 5.91 Å². The number of nitrogens with one attached hydrogen (secondary N) is 1. The van der Waals surface area contributed by atoms with Crippen LogP contribution in [0, 0.1) is 13.8 Å². The van der Waals surface area contributed by atoms with Crippen molar-refractivity contribution in [3.63, 3.8) is 0 Å². The minimum atomic E-state index is -0.798. The molecule has 0 aliphatic heterocycles. The summed E-state index contributed by atoms with van der Waals surface area (Å²) in [5.41, 5.74) is 2.77. The molecular weight excluding hydrogens is 242 g/mol. The molecule has 2 N–H and O–H groups in total. The lowest BCUT2D eigenvalue weighted by Crippen LogP contribution is -2.32. The molecule has 1 aromatic carbocycles. The molecule has 19 heavy (non-hydrogen) atoms. The van der Waals surface area contributed by atoms with Crippen molar-refractivity contribution < 1.29 is 14.7 Å². The summed E-state index contributed by atoms with van der Waals surface area (Å²) in [6.45, 7) is 5.81. The summed E-state index contributed by atoms with van der Waals surface area (Å²) in [5.74, 6) is -0.900. The van der Waals surface area contributed by atoms with Crippen molar-refractivity contribution in [3.8, 4) is 0 Å². The topological polar surface area (TPSA) is 66.4 Å². The molecule has 1 aromatic rings. The Labute approximate surface area is 113 Å². The monoisotopic (exact) mass is 263 g/mol. The van der Waals surface area contributed by atoms with E-state index < -0.39 is 5.97 Å². The van der Waals surface area contributed by atoms with Gasteiger partial charge in [-0.1, -0.05) is 17.2 Å². The second-order valence-corrected chi connectivity index (χ2v) is 5.04. The quantitative estimate of drug-likeness (QED) is 0.829. The van der Waals surface area contributed by atoms with Crippen molar-refractivity contribution in [3.05, 3.63) is 34.9 Å². The van der Waals surface area contributed by atoms with Gasteiger partial charge in [0, 0.05) is 18.0 Å². The number of hydrogen-bond donors (Lipinski definition) is 2. The van der Waals surface area contributed by atoms with Crippen LogP contribution in [0.25, 0.3) is 0 Å². The molecule has 1 unspecified atom stereocenters. The Morgan fingerprint density at radius 3 is 2.32 bits per heavy atom. The number of carboxylic acids is 1. The second-order valence-electron chi connectivity index (χ2n) is 5.04. The maximum atomic E-state index is 12.0. The smallest absolute Gasteiger partial charge is 0.303 e. The summed E-state index contributed by atoms with van der Waals surface area (Å²) in [4.78, 5) is 22.4. The first kappa shape index (κ1) is 15.2. The standard InChI is InChI=1S/C15H21NO3/c1-10-7-11(2)9-13(8-10)15(19)16-12(3)5-4-6-14(17)18/h7-9,12H,4-6H2,1-3H3,(H,16,19)(H,17,18). The van der Waals surface area contributed by atoms with E-state index in [9.17, 15) is 9.59 Å². The number of aliphatic carboxylic acids is 1. The van der Waals surface area contributed by atoms with Gasteiger partial charge in [0.1, 0.15) is 0 Å². The van der Waals surface area contributed by atoms with Gasteiger partial charge >= 0.3 is 5.97 Å². The maximum absolute atomic E-state index is 12.0. The highest BCUT2D eigenvalue weighted by atomic mass is 16.4. The van der Waals surface area contributed by atoms with Crippen molar-refractivity contribution in [2.75, 3.05) is 0 Å². The third kappa shape index (κ3) is 5.55. The zero-order valence-corrected chi connectivity index (χ0v) is 11.7. The van der Waals surface area contributed by atoms with E-state index >= 15 is 0 Å². The minimum Gasteiger partial charge on any atom is -0.481 e. The van der Waals surface area contributed by atoms with Gasteiger partial charge in [-0.2, -0.15) is 0 Å². The van der Waals surface area contributed by atoms with Crippen LogP contribution in [-0.4, -0.2) is 23.0 Å². The molecule has 0 aromatic heterocycles. The van der Waals surface area contributed by atoms with Crippen molar-refractivity contribution in [2.45, 2.75) is 46.1 Å². The van der Waals surface area contributed by atoms with Gasteiger partial charge in [-0.05, 0) is 45.7 Å². The van der Waals surface area contributed by atoms with Gasteiger partial charge in [-0.25, -0.2) is 0 Å². The van der Waals surface area contributed by atoms with Crippen LogP contribution >= 0.6 is 0 Å². The van der Waals surface area contributed by atoms with E-state index in [1.54, 1.807) is 0 Å². The van der Waals surface area contributed by atoms with Crippen LogP contribution in [0.15, 0.2) is 18.2 Å². The van der Waals surface area contributed by atoms with Crippen LogP contribution in [0.5, 0.6) is 0 Å². The van der Waals surface area contributed by atoms with Gasteiger partial charge in [-0.15, -0.1) is 0 Å². The summed E-state index contributed by atoms with van der Waals surface area (Å²) in [6, 6.07) is 5.71. The Kier molecular flexibility index (Phi) is 5.55. The molecule has 0 spiro atoms. The number of carbonyl (C=O) groups is 2. The Morgan fingerprint density at radius 2 is 1.79 bits per heavy atom. The third-order valence-corrected chi connectivity index (χ3v) is 2.89. The fourth-order valence-electron chi connectivity index (χ4n) is 2.04. The zero-order valence-electron chi connectivity index (χ0n) is 11.7. The zero-order chi connectivity index (χ0) is 14.4. The van der Waals surface area contributed by atoms with Gasteiger partial charge in [0.15, 0.2) is 0 Å². The van der Waals surface area contributed by atoms with Crippen LogP contribution in [0.1, 0.15) is 47.7 Å². The molecule has 1 amide bonds. The van der Waals surface area contributed by atoms with Gasteiger partial charge in [0.2, 0.25) is 0 Å². The SMILES string of the molecule is Cc1cc(C)cc(C(=O)NC(C)CCCC(=O)O)c1. The number of rotatable bonds is 6. The summed E-state index contributed by atoms with van der Waals surface area (Å²) < 4.78 is 0. The normalized spacial score (nSPS) is 11.9. The minimum absolute atomic E-state index is 0.0207. The molecule has 0 saturated heterocycles. The summed E-state index contributed by atoms with van der Waals surface area (Å²) in [7, 11) is 0. The van der Waals surface area contributed by atoms with Gasteiger partial charge in [-0.3, -0.25) is 9.59 Å². The van der Waals surface area contributed by atoms with E-state index in [4.69, 9.17) is 5.11 Å². The van der Waals surface area contributed by atoms with E-state index in [2.05, 4.69) is 5.32 Å². The molecule has 0 bridgehead atoms. The molecule has 0 saturated carbocycles. The lowest BCUT2D eigenvalue weighted by Gasteiger charge is -2.14. The molecule has 1 rings (SSSR count). The molecule has 4 nitrogen and oxygen atoms in total. The van der Waals surface area contributed by atoms with Crippen LogP contribution in [0.3, 0.4) is 0 Å². The highest BCUT2D eigenvalue weighted by Crippen LogP contribution is 2.09. The Morgan fingerprint density at radius 1 is 1.21 bits per heavy atom. The molecule has 0 radical (unpaired) electrons. The van der Waals surface area contributed by atoms with E-state index in [1.807, 2.05) is 39.0 Å². The van der Waals surface area contributed by atoms with E-state index in [-0.39, 0.29) is 18.4 Å². The fraction of sp³-hybridized carbons (Fsp3) is 0.467. The second kappa shape index (κ2) is 6.92. The van der Waals surface area contributed by atoms with E-state index in [0.717, 1.165) is 11.1 Å². The highest BCUT2D eigenvalue weighted by molar-refractivity contribution is 5.94. The van der Waals surface area contributed by atoms with Gasteiger partial charge < -0.3 is 10.4 Å². The molecule has 0 aliphatic rings. The maximum Gasteiger partial charge on any atom is 0.303 e. The highest BCUT2D eigenvalue weighted by Gasteiger charge is 2.11. The fourth-order valence-corrected chi connectivity index (χ4v) is 2.04. The van der Waals surface area contributed by atoms with Crippen LogP contribution in [-0.2, 0) is 4.79 Å². The van der Waals surface area contributed by atoms with E-state index in [0.29, 0.717) is 18.4 Å². The number of benzene rings is 1. The first-order chi connectivity index (χ1) is 8.88. The molecule has 1 atom stereocenters. The third-order valence-electron chi connectivity index (χ3n) is 2.89. The molecule has 0 fully saturated rings. The summed E-state index contributed by atoms with van der Waals surface area (Å²) >= 11 is 0. The number of hydrogen-bond acceptors (Lipinski definition) is 2. The lowest BCUT2D eigenvalue weighted by atomic mass is 10.1. The number of aryl methyl sites for hydroxylation is 2. The Bertz CT molecular complexity index is 448. The summed E-state index contributed by atoms with van der Waals surface area (Å²) in [6.07, 6.45) is 1.39. The number of carboxylic acid groups (broad SMARTS) is 1. The largest absolute Gasteiger partial charge is 0.481 e. The van der Waals surface area contributed by atoms with Crippen molar-refractivity contribution >= 4 is 11.9 Å². The lowest BCUT2D eigenvalue weighted by molar-refractivity contribution is -0.137. The van der Waals surface area contributed by atoms with Crippen LogP contribution in [0.4, 0.5) is 0 Å². The molecule has 104 valence electrons. The predicted octanol–water partition coefficient (Wildman–Crippen LogP) is 2.68. The number of amides is 1. The first-order valence-corrected chi connectivity index (χ1v) is 6.49. The van der Waals surface area contributed by atoms with Gasteiger partial charge in [0.05, 0.1) is 0 Å². The van der Waals surface area contributed by atoms with Crippen molar-refractivity contribution in [1.82, 2.24) is 5.32 Å².